The summed E-state index contributed by atoms with van der Waals surface area (Å²) in [7, 11) is 0. The van der Waals surface area contributed by atoms with E-state index in [1.54, 1.807) is 36.4 Å². The molecule has 10 heteroatoms. The molecule has 0 saturated heterocycles. The van der Waals surface area contributed by atoms with Crippen molar-refractivity contribution in [2.45, 2.75) is 26.6 Å². The summed E-state index contributed by atoms with van der Waals surface area (Å²) in [6.07, 6.45) is -4.99. The van der Waals surface area contributed by atoms with Gasteiger partial charge in [0.05, 0.1) is 22.9 Å². The number of carbonyl (C=O) groups excluding carboxylic acids is 1. The van der Waals surface area contributed by atoms with Gasteiger partial charge in [-0.05, 0) is 44.2 Å². The van der Waals surface area contributed by atoms with Crippen molar-refractivity contribution >= 4 is 22.8 Å². The maximum absolute atomic E-state index is 13.7. The van der Waals surface area contributed by atoms with Crippen LogP contribution in [0.15, 0.2) is 54.7 Å². The van der Waals surface area contributed by atoms with E-state index in [9.17, 15) is 18.0 Å². The second-order valence-electron chi connectivity index (χ2n) is 6.72. The van der Waals surface area contributed by atoms with E-state index in [2.05, 4.69) is 15.4 Å². The van der Waals surface area contributed by atoms with Crippen LogP contribution in [0.1, 0.15) is 18.4 Å². The molecule has 0 bridgehead atoms. The number of hydrogen-bond donors (Lipinski definition) is 1. The summed E-state index contributed by atoms with van der Waals surface area (Å²) in [5.41, 5.74) is 0.911. The molecule has 4 aromatic rings. The third kappa shape index (κ3) is 3.96. The van der Waals surface area contributed by atoms with Gasteiger partial charge in [-0.2, -0.15) is 18.3 Å². The van der Waals surface area contributed by atoms with Crippen LogP contribution in [0, 0.1) is 6.92 Å². The van der Waals surface area contributed by atoms with Gasteiger partial charge in [-0.3, -0.25) is 5.32 Å². The van der Waals surface area contributed by atoms with Gasteiger partial charge in [-0.25, -0.2) is 14.5 Å². The first-order valence-corrected chi connectivity index (χ1v) is 9.44. The monoisotopic (exact) mass is 429 g/mol. The highest BCUT2D eigenvalue weighted by atomic mass is 19.4. The molecule has 2 heterocycles. The first-order valence-electron chi connectivity index (χ1n) is 9.44. The van der Waals surface area contributed by atoms with E-state index in [1.165, 1.54) is 12.1 Å². The molecule has 0 saturated carbocycles. The van der Waals surface area contributed by atoms with Crippen LogP contribution in [-0.2, 0) is 12.7 Å². The number of hydrogen-bond acceptors (Lipinski definition) is 4. The van der Waals surface area contributed by atoms with Crippen LogP contribution in [0.25, 0.3) is 16.7 Å². The number of imidazole rings is 1. The normalized spacial score (nSPS) is 11.6. The van der Waals surface area contributed by atoms with Gasteiger partial charge in [0, 0.05) is 12.2 Å². The van der Waals surface area contributed by atoms with Crippen molar-refractivity contribution < 1.29 is 22.7 Å². The minimum Gasteiger partial charge on any atom is -0.406 e. The number of aromatic nitrogens is 4. The van der Waals surface area contributed by atoms with Crippen molar-refractivity contribution in [3.8, 4) is 11.4 Å². The molecule has 2 aromatic heterocycles. The number of ether oxygens (including phenoxy) is 1. The molecular weight excluding hydrogens is 411 g/mol. The third-order valence-electron chi connectivity index (χ3n) is 4.71. The van der Waals surface area contributed by atoms with Crippen molar-refractivity contribution in [3.05, 3.63) is 66.2 Å². The lowest BCUT2D eigenvalue weighted by Crippen LogP contribution is -2.20. The largest absolute Gasteiger partial charge is 0.437 e. The van der Waals surface area contributed by atoms with Gasteiger partial charge < -0.3 is 9.30 Å². The Bertz CT molecular complexity index is 1250. The number of benzene rings is 2. The second kappa shape index (κ2) is 7.78. The molecule has 0 atom stereocenters. The highest BCUT2D eigenvalue weighted by Crippen LogP contribution is 2.37. The Morgan fingerprint density at radius 2 is 1.90 bits per heavy atom. The molecule has 0 aliphatic rings. The summed E-state index contributed by atoms with van der Waals surface area (Å²) in [6, 6.07) is 12.8. The molecule has 1 N–H and O–H groups in total. The summed E-state index contributed by atoms with van der Waals surface area (Å²) >= 11 is 0. The number of fused-ring (bicyclic) bond motifs is 1. The molecule has 2 aromatic carbocycles. The Hall–Kier alpha value is -3.82. The van der Waals surface area contributed by atoms with Gasteiger partial charge in [-0.15, -0.1) is 0 Å². The lowest BCUT2D eigenvalue weighted by atomic mass is 10.2. The number of halogens is 3. The summed E-state index contributed by atoms with van der Waals surface area (Å²) in [4.78, 5) is 16.7. The number of aryl methyl sites for hydroxylation is 2. The van der Waals surface area contributed by atoms with E-state index in [-0.39, 0.29) is 5.69 Å². The van der Waals surface area contributed by atoms with E-state index >= 15 is 0 Å². The maximum atomic E-state index is 13.7. The Kier molecular flexibility index (Phi) is 5.14. The number of nitrogens with one attached hydrogen (secondary N) is 1. The zero-order valence-electron chi connectivity index (χ0n) is 16.6. The average Bonchev–Trinajstić information content (AvgIpc) is 3.28. The highest BCUT2D eigenvalue weighted by Gasteiger charge is 2.40. The number of carbonyl (C=O) groups is 1. The van der Waals surface area contributed by atoms with Gasteiger partial charge in [0.15, 0.2) is 11.4 Å². The minimum atomic E-state index is -4.79. The smallest absolute Gasteiger partial charge is 0.406 e. The summed E-state index contributed by atoms with van der Waals surface area (Å²) in [6.45, 7) is 4.60. The maximum Gasteiger partial charge on any atom is 0.437 e. The van der Waals surface area contributed by atoms with E-state index in [1.807, 2.05) is 18.4 Å². The lowest BCUT2D eigenvalue weighted by Gasteiger charge is -2.12. The highest BCUT2D eigenvalue weighted by molar-refractivity contribution is 5.90. The standard InChI is InChI=1S/C21H18F3N5O2/c1-3-28-13(2)26-16-11-14(9-10-17(16)28)27-20(30)31-18-12-25-29(19(18)21(22,23)24)15-7-5-4-6-8-15/h4-12H,3H2,1-2H3,(H,27,30). The van der Waals surface area contributed by atoms with Crippen LogP contribution < -0.4 is 10.1 Å². The van der Waals surface area contributed by atoms with Gasteiger partial charge in [0.1, 0.15) is 5.82 Å². The average molecular weight is 429 g/mol. The fourth-order valence-corrected chi connectivity index (χ4v) is 3.40. The van der Waals surface area contributed by atoms with Crippen LogP contribution in [0.3, 0.4) is 0 Å². The van der Waals surface area contributed by atoms with Gasteiger partial charge in [0.2, 0.25) is 0 Å². The van der Waals surface area contributed by atoms with Crippen molar-refractivity contribution in [2.24, 2.45) is 0 Å². The second-order valence-corrected chi connectivity index (χ2v) is 6.72. The quantitative estimate of drug-likeness (QED) is 0.485. The molecule has 0 aliphatic carbocycles. The summed E-state index contributed by atoms with van der Waals surface area (Å²) < 4.78 is 48.7. The third-order valence-corrected chi connectivity index (χ3v) is 4.71. The lowest BCUT2D eigenvalue weighted by molar-refractivity contribution is -0.143. The Morgan fingerprint density at radius 3 is 2.58 bits per heavy atom. The molecule has 0 radical (unpaired) electrons. The number of alkyl halides is 3. The first-order chi connectivity index (χ1) is 14.8. The van der Waals surface area contributed by atoms with Gasteiger partial charge in [0.25, 0.3) is 0 Å². The predicted molar refractivity (Wildman–Crippen MR) is 108 cm³/mol. The Morgan fingerprint density at radius 1 is 1.16 bits per heavy atom. The molecule has 0 unspecified atom stereocenters. The van der Waals surface area contributed by atoms with E-state index in [0.29, 0.717) is 15.9 Å². The van der Waals surface area contributed by atoms with E-state index in [4.69, 9.17) is 4.74 Å². The van der Waals surface area contributed by atoms with E-state index < -0.39 is 23.7 Å². The fourth-order valence-electron chi connectivity index (χ4n) is 3.40. The Labute approximate surface area is 175 Å². The summed E-state index contributed by atoms with van der Waals surface area (Å²) in [5.74, 6) is 0.126. The van der Waals surface area contributed by atoms with Crippen LogP contribution in [0.2, 0.25) is 0 Å². The fraction of sp³-hybridized carbons (Fsp3) is 0.190. The van der Waals surface area contributed by atoms with Crippen LogP contribution >= 0.6 is 0 Å². The number of nitrogens with zero attached hydrogens (tertiary/aromatic N) is 4. The summed E-state index contributed by atoms with van der Waals surface area (Å²) in [5, 5.41) is 6.20. The van der Waals surface area contributed by atoms with Crippen molar-refractivity contribution in [1.82, 2.24) is 19.3 Å². The molecule has 0 aliphatic heterocycles. The molecule has 0 fully saturated rings. The molecule has 160 valence electrons. The molecule has 0 spiro atoms. The van der Waals surface area contributed by atoms with Crippen LogP contribution in [0.4, 0.5) is 23.7 Å². The number of rotatable bonds is 4. The minimum absolute atomic E-state index is 0.192. The van der Waals surface area contributed by atoms with Gasteiger partial charge >= 0.3 is 12.3 Å². The Balaban J connectivity index is 1.59. The zero-order chi connectivity index (χ0) is 22.2. The zero-order valence-corrected chi connectivity index (χ0v) is 16.6. The number of amides is 1. The number of para-hydroxylation sites is 1. The molecule has 31 heavy (non-hydrogen) atoms. The van der Waals surface area contributed by atoms with Crippen LogP contribution in [0.5, 0.6) is 5.75 Å². The van der Waals surface area contributed by atoms with Crippen molar-refractivity contribution in [3.63, 3.8) is 0 Å². The van der Waals surface area contributed by atoms with Gasteiger partial charge in [-0.1, -0.05) is 18.2 Å². The van der Waals surface area contributed by atoms with E-state index in [0.717, 1.165) is 24.1 Å². The predicted octanol–water partition coefficient (Wildman–Crippen LogP) is 5.18. The number of anilines is 1. The van der Waals surface area contributed by atoms with Crippen molar-refractivity contribution in [1.29, 1.82) is 0 Å². The van der Waals surface area contributed by atoms with Crippen molar-refractivity contribution in [2.75, 3.05) is 5.32 Å². The molecule has 4 rings (SSSR count). The molecular formula is C21H18F3N5O2. The molecule has 7 nitrogen and oxygen atoms in total. The first kappa shape index (κ1) is 20.5. The van der Waals surface area contributed by atoms with Crippen LogP contribution in [-0.4, -0.2) is 25.4 Å². The topological polar surface area (TPSA) is 74.0 Å². The SMILES string of the molecule is CCn1c(C)nc2cc(NC(=O)Oc3cnn(-c4ccccc4)c3C(F)(F)F)ccc21. The molecule has 1 amide bonds.